The molecule has 0 bridgehead atoms. The molecule has 1 rings (SSSR count). The first-order chi connectivity index (χ1) is 5.25. The molecule has 0 unspecified atom stereocenters. The Bertz CT molecular complexity index is 215. The van der Waals surface area contributed by atoms with Crippen molar-refractivity contribution >= 4 is 11.8 Å². The molecule has 1 aliphatic heterocycles. The lowest BCUT2D eigenvalue weighted by Crippen LogP contribution is -2.40. The number of nitrogens with zero attached hydrogens (tertiary/aromatic N) is 1. The fraction of sp³-hybridized carbons (Fsp3) is 0. The number of nitrogens with one attached hydrogen (secondary N) is 1. The second-order valence-corrected chi connectivity index (χ2v) is 1.88. The monoisotopic (exact) mass is 151 g/mol. The normalized spacial score (nSPS) is 16.2. The van der Waals surface area contributed by atoms with Crippen LogP contribution in [-0.2, 0) is 9.59 Å². The highest BCUT2D eigenvalue weighted by Gasteiger charge is 2.22. The minimum Gasteiger partial charge on any atom is -0.268 e. The van der Waals surface area contributed by atoms with Crippen LogP contribution in [0.1, 0.15) is 0 Å². The van der Waals surface area contributed by atoms with Crippen molar-refractivity contribution < 1.29 is 9.59 Å². The summed E-state index contributed by atoms with van der Waals surface area (Å²) in [6.45, 7) is 4.79. The van der Waals surface area contributed by atoms with Crippen LogP contribution in [0.4, 0.5) is 0 Å². The molecule has 4 nitrogen and oxygen atoms in total. The summed E-state index contributed by atoms with van der Waals surface area (Å²) in [7, 11) is 0. The van der Waals surface area contributed by atoms with Gasteiger partial charge in [-0.3, -0.25) is 9.59 Å². The number of hydrazine groups is 1. The molecule has 1 N–H and O–H groups in total. The van der Waals surface area contributed by atoms with Gasteiger partial charge in [-0.25, -0.2) is 10.4 Å². The van der Waals surface area contributed by atoms with E-state index in [1.165, 1.54) is 24.8 Å². The third-order valence-corrected chi connectivity index (χ3v) is 1.13. The molecule has 0 spiro atoms. The van der Waals surface area contributed by atoms with Crippen LogP contribution in [0.3, 0.4) is 0 Å². The molecule has 11 heavy (non-hydrogen) atoms. The van der Waals surface area contributed by atoms with Crippen LogP contribution in [0.25, 0.3) is 0 Å². The van der Waals surface area contributed by atoms with Crippen LogP contribution in [0, 0.1) is 6.54 Å². The fourth-order valence-corrected chi connectivity index (χ4v) is 0.655. The van der Waals surface area contributed by atoms with Crippen LogP contribution in [-0.4, -0.2) is 16.8 Å². The average molecular weight is 151 g/mol. The molecule has 1 heterocycles. The summed E-state index contributed by atoms with van der Waals surface area (Å²) in [4.78, 5) is 21.6. The van der Waals surface area contributed by atoms with Crippen LogP contribution < -0.4 is 5.43 Å². The summed E-state index contributed by atoms with van der Waals surface area (Å²) in [5.74, 6) is -0.735. The number of amides is 2. The maximum Gasteiger partial charge on any atom is 0.268 e. The van der Waals surface area contributed by atoms with Gasteiger partial charge in [0, 0.05) is 12.2 Å². The Labute approximate surface area is 64.1 Å². The SMILES string of the molecule is C=C[CH]NN1C(=O)C=CC1=O. The van der Waals surface area contributed by atoms with Gasteiger partial charge in [0.25, 0.3) is 11.8 Å². The summed E-state index contributed by atoms with van der Waals surface area (Å²) >= 11 is 0. The third-order valence-electron chi connectivity index (χ3n) is 1.13. The van der Waals surface area contributed by atoms with Gasteiger partial charge in [-0.1, -0.05) is 6.08 Å². The molecule has 0 atom stereocenters. The number of hydrogen-bond donors (Lipinski definition) is 1. The number of rotatable bonds is 3. The van der Waals surface area contributed by atoms with Gasteiger partial charge in [0.1, 0.15) is 0 Å². The zero-order chi connectivity index (χ0) is 8.27. The predicted molar refractivity (Wildman–Crippen MR) is 38.6 cm³/mol. The Morgan fingerprint density at radius 2 is 1.91 bits per heavy atom. The predicted octanol–water partition coefficient (Wildman–Crippen LogP) is -0.236. The lowest BCUT2D eigenvalue weighted by atomic mass is 10.6. The molecular weight excluding hydrogens is 144 g/mol. The Hall–Kier alpha value is -1.42. The van der Waals surface area contributed by atoms with Gasteiger partial charge in [0.15, 0.2) is 0 Å². The number of carbonyl (C=O) groups is 2. The Morgan fingerprint density at radius 3 is 2.36 bits per heavy atom. The van der Waals surface area contributed by atoms with Crippen LogP contribution >= 0.6 is 0 Å². The first kappa shape index (κ1) is 7.68. The summed E-state index contributed by atoms with van der Waals surface area (Å²) in [6.07, 6.45) is 3.84. The molecule has 57 valence electrons. The molecule has 2 amide bonds. The number of imide groups is 1. The van der Waals surface area contributed by atoms with Gasteiger partial charge in [-0.2, -0.15) is 0 Å². The van der Waals surface area contributed by atoms with Gasteiger partial charge in [-0.05, 0) is 0 Å². The zero-order valence-corrected chi connectivity index (χ0v) is 5.78. The first-order valence-corrected chi connectivity index (χ1v) is 3.02. The molecule has 0 saturated heterocycles. The Kier molecular flexibility index (Phi) is 2.18. The molecule has 0 fully saturated rings. The smallest absolute Gasteiger partial charge is 0.268 e. The van der Waals surface area contributed by atoms with Crippen molar-refractivity contribution in [3.05, 3.63) is 31.4 Å². The van der Waals surface area contributed by atoms with E-state index in [4.69, 9.17) is 0 Å². The molecule has 0 aliphatic carbocycles. The standard InChI is InChI=1S/C7H7N2O2/c1-2-5-8-9-6(10)3-4-7(9)11/h2-5,8H,1H2. The molecule has 1 radical (unpaired) electrons. The Morgan fingerprint density at radius 1 is 1.36 bits per heavy atom. The van der Waals surface area contributed by atoms with Crippen LogP contribution in [0.15, 0.2) is 24.8 Å². The quantitative estimate of drug-likeness (QED) is 0.566. The highest BCUT2D eigenvalue weighted by Crippen LogP contribution is 1.99. The van der Waals surface area contributed by atoms with Crippen molar-refractivity contribution in [1.82, 2.24) is 10.4 Å². The summed E-state index contributed by atoms with van der Waals surface area (Å²) in [5, 5.41) is 0.891. The lowest BCUT2D eigenvalue weighted by Gasteiger charge is -2.12. The second-order valence-electron chi connectivity index (χ2n) is 1.88. The van der Waals surface area contributed by atoms with E-state index in [1.807, 2.05) is 0 Å². The molecular formula is C7H7N2O2. The van der Waals surface area contributed by atoms with Crippen molar-refractivity contribution in [1.29, 1.82) is 0 Å². The Balaban J connectivity index is 2.52. The van der Waals surface area contributed by atoms with Gasteiger partial charge >= 0.3 is 0 Å². The minimum atomic E-state index is -0.367. The summed E-state index contributed by atoms with van der Waals surface area (Å²) in [5.41, 5.74) is 2.46. The highest BCUT2D eigenvalue weighted by molar-refractivity contribution is 6.12. The minimum absolute atomic E-state index is 0.367. The third kappa shape index (κ3) is 1.53. The largest absolute Gasteiger partial charge is 0.268 e. The van der Waals surface area contributed by atoms with Crippen molar-refractivity contribution in [2.24, 2.45) is 0 Å². The van der Waals surface area contributed by atoms with E-state index in [0.29, 0.717) is 0 Å². The van der Waals surface area contributed by atoms with Crippen LogP contribution in [0.2, 0.25) is 0 Å². The fourth-order valence-electron chi connectivity index (χ4n) is 0.655. The average Bonchev–Trinajstić information content (AvgIpc) is 2.29. The molecule has 0 saturated carbocycles. The van der Waals surface area contributed by atoms with E-state index < -0.39 is 0 Å². The van der Waals surface area contributed by atoms with E-state index in [-0.39, 0.29) is 11.8 Å². The number of carbonyl (C=O) groups excluding carboxylic acids is 2. The summed E-state index contributed by atoms with van der Waals surface area (Å²) < 4.78 is 0. The molecule has 0 aromatic rings. The van der Waals surface area contributed by atoms with E-state index >= 15 is 0 Å². The van der Waals surface area contributed by atoms with E-state index in [0.717, 1.165) is 5.01 Å². The maximum absolute atomic E-state index is 10.8. The first-order valence-electron chi connectivity index (χ1n) is 3.02. The van der Waals surface area contributed by atoms with Gasteiger partial charge in [0.2, 0.25) is 0 Å². The molecule has 1 aliphatic rings. The van der Waals surface area contributed by atoms with E-state index in [1.54, 1.807) is 0 Å². The second kappa shape index (κ2) is 3.12. The van der Waals surface area contributed by atoms with Crippen molar-refractivity contribution in [3.63, 3.8) is 0 Å². The van der Waals surface area contributed by atoms with Gasteiger partial charge < -0.3 is 0 Å². The topological polar surface area (TPSA) is 49.4 Å². The van der Waals surface area contributed by atoms with Crippen molar-refractivity contribution in [2.45, 2.75) is 0 Å². The van der Waals surface area contributed by atoms with E-state index in [9.17, 15) is 9.59 Å². The van der Waals surface area contributed by atoms with E-state index in [2.05, 4.69) is 12.0 Å². The molecule has 0 aromatic heterocycles. The zero-order valence-electron chi connectivity index (χ0n) is 5.78. The molecule has 4 heteroatoms. The summed E-state index contributed by atoms with van der Waals surface area (Å²) in [6, 6.07) is 0. The van der Waals surface area contributed by atoms with Gasteiger partial charge in [0.05, 0.1) is 6.54 Å². The van der Waals surface area contributed by atoms with Crippen molar-refractivity contribution in [3.8, 4) is 0 Å². The van der Waals surface area contributed by atoms with Gasteiger partial charge in [-0.15, -0.1) is 6.58 Å². The van der Waals surface area contributed by atoms with Crippen LogP contribution in [0.5, 0.6) is 0 Å². The number of hydrogen-bond acceptors (Lipinski definition) is 3. The maximum atomic E-state index is 10.8. The lowest BCUT2D eigenvalue weighted by molar-refractivity contribution is -0.139. The molecule has 0 aromatic carbocycles. The highest BCUT2D eigenvalue weighted by atomic mass is 16.2. The van der Waals surface area contributed by atoms with Crippen molar-refractivity contribution in [2.75, 3.05) is 0 Å².